The normalized spacial score (nSPS) is 20.4. The molecule has 0 saturated carbocycles. The summed E-state index contributed by atoms with van der Waals surface area (Å²) in [4.78, 5) is 14.2. The Bertz CT molecular complexity index is 478. The number of nitrogens with zero attached hydrogens (tertiary/aromatic N) is 1. The fraction of sp³-hybridized carbons (Fsp3) is 0.533. The van der Waals surface area contributed by atoms with E-state index >= 15 is 0 Å². The molecule has 1 saturated heterocycles. The fourth-order valence-electron chi connectivity index (χ4n) is 2.58. The molecule has 0 bridgehead atoms. The lowest BCUT2D eigenvalue weighted by Crippen LogP contribution is -2.39. The quantitative estimate of drug-likeness (QED) is 0.836. The molecule has 5 heteroatoms. The topological polar surface area (TPSA) is 58.4 Å². The van der Waals surface area contributed by atoms with Gasteiger partial charge in [-0.15, -0.1) is 0 Å². The van der Waals surface area contributed by atoms with E-state index in [0.29, 0.717) is 24.0 Å². The predicted octanol–water partition coefficient (Wildman–Crippen LogP) is 2.61. The van der Waals surface area contributed by atoms with Gasteiger partial charge in [-0.3, -0.25) is 9.69 Å². The van der Waals surface area contributed by atoms with Crippen LogP contribution in [0.1, 0.15) is 32.6 Å². The Balaban J connectivity index is 1.96. The van der Waals surface area contributed by atoms with Crippen molar-refractivity contribution in [3.63, 3.8) is 0 Å². The molecular formula is C15H22FN3O. The molecule has 110 valence electrons. The molecule has 1 fully saturated rings. The van der Waals surface area contributed by atoms with Crippen LogP contribution in [0.25, 0.3) is 0 Å². The van der Waals surface area contributed by atoms with E-state index in [1.54, 1.807) is 0 Å². The SMILES string of the molecule is CC1CCCCCN1CC(=O)Nc1cc(F)ccc1N. The van der Waals surface area contributed by atoms with E-state index in [9.17, 15) is 9.18 Å². The van der Waals surface area contributed by atoms with Gasteiger partial charge in [0.15, 0.2) is 0 Å². The molecule has 0 aromatic heterocycles. The standard InChI is InChI=1S/C15H22FN3O/c1-11-5-3-2-4-8-19(11)10-15(20)18-14-9-12(16)6-7-13(14)17/h6-7,9,11H,2-5,8,10,17H2,1H3,(H,18,20). The Morgan fingerprint density at radius 2 is 2.25 bits per heavy atom. The lowest BCUT2D eigenvalue weighted by molar-refractivity contribution is -0.117. The molecule has 0 aliphatic carbocycles. The number of hydrogen-bond donors (Lipinski definition) is 2. The molecule has 0 spiro atoms. The van der Waals surface area contributed by atoms with E-state index < -0.39 is 5.82 Å². The zero-order valence-corrected chi connectivity index (χ0v) is 11.9. The molecule has 1 unspecified atom stereocenters. The first-order chi connectivity index (χ1) is 9.56. The molecule has 4 nitrogen and oxygen atoms in total. The highest BCUT2D eigenvalue weighted by atomic mass is 19.1. The van der Waals surface area contributed by atoms with Crippen LogP contribution in [-0.4, -0.2) is 29.9 Å². The molecule has 0 radical (unpaired) electrons. The first kappa shape index (κ1) is 14.8. The summed E-state index contributed by atoms with van der Waals surface area (Å²) >= 11 is 0. The van der Waals surface area contributed by atoms with Crippen LogP contribution in [0.5, 0.6) is 0 Å². The zero-order valence-electron chi connectivity index (χ0n) is 11.9. The van der Waals surface area contributed by atoms with Gasteiger partial charge in [-0.25, -0.2) is 4.39 Å². The molecule has 2 rings (SSSR count). The molecule has 1 aromatic rings. The maximum absolute atomic E-state index is 13.2. The number of nitrogens with two attached hydrogens (primary N) is 1. The molecule has 1 heterocycles. The first-order valence-electron chi connectivity index (χ1n) is 7.15. The second-order valence-corrected chi connectivity index (χ2v) is 5.45. The van der Waals surface area contributed by atoms with Gasteiger partial charge in [0.2, 0.25) is 5.91 Å². The molecule has 3 N–H and O–H groups in total. The van der Waals surface area contributed by atoms with Gasteiger partial charge in [-0.05, 0) is 44.5 Å². The minimum atomic E-state index is -0.405. The highest BCUT2D eigenvalue weighted by molar-refractivity contribution is 5.95. The van der Waals surface area contributed by atoms with E-state index in [1.165, 1.54) is 31.0 Å². The highest BCUT2D eigenvalue weighted by Crippen LogP contribution is 2.20. The van der Waals surface area contributed by atoms with Crippen LogP contribution in [-0.2, 0) is 4.79 Å². The molecule has 1 aromatic carbocycles. The third-order valence-corrected chi connectivity index (χ3v) is 3.83. The number of likely N-dealkylation sites (tertiary alicyclic amines) is 1. The Hall–Kier alpha value is -1.62. The molecule has 1 atom stereocenters. The summed E-state index contributed by atoms with van der Waals surface area (Å²) in [5.74, 6) is -0.548. The van der Waals surface area contributed by atoms with Gasteiger partial charge in [-0.2, -0.15) is 0 Å². The fourth-order valence-corrected chi connectivity index (χ4v) is 2.58. The predicted molar refractivity (Wildman–Crippen MR) is 78.9 cm³/mol. The summed E-state index contributed by atoms with van der Waals surface area (Å²) in [6.45, 7) is 3.42. The van der Waals surface area contributed by atoms with Crippen molar-refractivity contribution in [3.8, 4) is 0 Å². The Morgan fingerprint density at radius 1 is 1.45 bits per heavy atom. The summed E-state index contributed by atoms with van der Waals surface area (Å²) < 4.78 is 13.2. The van der Waals surface area contributed by atoms with Gasteiger partial charge in [-0.1, -0.05) is 12.8 Å². The summed E-state index contributed by atoms with van der Waals surface area (Å²) in [5, 5.41) is 2.69. The number of halogens is 1. The number of benzene rings is 1. The summed E-state index contributed by atoms with van der Waals surface area (Å²) in [6.07, 6.45) is 4.69. The Kier molecular flexibility index (Phi) is 4.95. The monoisotopic (exact) mass is 279 g/mol. The van der Waals surface area contributed by atoms with Crippen molar-refractivity contribution in [3.05, 3.63) is 24.0 Å². The highest BCUT2D eigenvalue weighted by Gasteiger charge is 2.19. The number of nitrogen functional groups attached to an aromatic ring is 1. The van der Waals surface area contributed by atoms with Gasteiger partial charge in [0.1, 0.15) is 5.82 Å². The van der Waals surface area contributed by atoms with Gasteiger partial charge in [0, 0.05) is 6.04 Å². The van der Waals surface area contributed by atoms with E-state index in [1.807, 2.05) is 0 Å². The minimum absolute atomic E-state index is 0.143. The lowest BCUT2D eigenvalue weighted by atomic mass is 10.1. The number of nitrogens with one attached hydrogen (secondary N) is 1. The van der Waals surface area contributed by atoms with Crippen LogP contribution >= 0.6 is 0 Å². The molecule has 1 aliphatic rings. The Morgan fingerprint density at radius 3 is 3.05 bits per heavy atom. The number of carbonyl (C=O) groups excluding carboxylic acids is 1. The van der Waals surface area contributed by atoms with Crippen LogP contribution in [0, 0.1) is 5.82 Å². The second-order valence-electron chi connectivity index (χ2n) is 5.45. The average Bonchev–Trinajstić information content (AvgIpc) is 2.59. The van der Waals surface area contributed by atoms with Crippen molar-refractivity contribution >= 4 is 17.3 Å². The first-order valence-corrected chi connectivity index (χ1v) is 7.15. The third kappa shape index (κ3) is 3.93. The summed E-state index contributed by atoms with van der Waals surface area (Å²) in [7, 11) is 0. The summed E-state index contributed by atoms with van der Waals surface area (Å²) in [6, 6.07) is 4.40. The van der Waals surface area contributed by atoms with Gasteiger partial charge < -0.3 is 11.1 Å². The minimum Gasteiger partial charge on any atom is -0.397 e. The maximum atomic E-state index is 13.2. The Labute approximate surface area is 119 Å². The van der Waals surface area contributed by atoms with Crippen molar-refractivity contribution in [2.24, 2.45) is 0 Å². The van der Waals surface area contributed by atoms with Crippen molar-refractivity contribution in [1.29, 1.82) is 0 Å². The second kappa shape index (κ2) is 6.70. The van der Waals surface area contributed by atoms with Gasteiger partial charge >= 0.3 is 0 Å². The van der Waals surface area contributed by atoms with Crippen molar-refractivity contribution < 1.29 is 9.18 Å². The number of anilines is 2. The van der Waals surface area contributed by atoms with Crippen molar-refractivity contribution in [2.75, 3.05) is 24.1 Å². The number of carbonyl (C=O) groups is 1. The maximum Gasteiger partial charge on any atom is 0.238 e. The van der Waals surface area contributed by atoms with Crippen molar-refractivity contribution in [2.45, 2.75) is 38.6 Å². The van der Waals surface area contributed by atoms with Crippen LogP contribution < -0.4 is 11.1 Å². The van der Waals surface area contributed by atoms with Crippen LogP contribution in [0.4, 0.5) is 15.8 Å². The molecular weight excluding hydrogens is 257 g/mol. The number of hydrogen-bond acceptors (Lipinski definition) is 3. The third-order valence-electron chi connectivity index (χ3n) is 3.83. The van der Waals surface area contributed by atoms with E-state index in [0.717, 1.165) is 19.4 Å². The van der Waals surface area contributed by atoms with E-state index in [-0.39, 0.29) is 5.91 Å². The van der Waals surface area contributed by atoms with Crippen LogP contribution in [0.3, 0.4) is 0 Å². The molecule has 20 heavy (non-hydrogen) atoms. The zero-order chi connectivity index (χ0) is 14.5. The number of rotatable bonds is 3. The van der Waals surface area contributed by atoms with Gasteiger partial charge in [0.05, 0.1) is 17.9 Å². The largest absolute Gasteiger partial charge is 0.397 e. The van der Waals surface area contributed by atoms with Crippen LogP contribution in [0.15, 0.2) is 18.2 Å². The van der Waals surface area contributed by atoms with E-state index in [4.69, 9.17) is 5.73 Å². The smallest absolute Gasteiger partial charge is 0.238 e. The average molecular weight is 279 g/mol. The molecule has 1 amide bonds. The van der Waals surface area contributed by atoms with Gasteiger partial charge in [0.25, 0.3) is 0 Å². The number of amides is 1. The molecule has 1 aliphatic heterocycles. The summed E-state index contributed by atoms with van der Waals surface area (Å²) in [5.41, 5.74) is 6.45. The van der Waals surface area contributed by atoms with E-state index in [2.05, 4.69) is 17.1 Å². The lowest BCUT2D eigenvalue weighted by Gasteiger charge is -2.26. The van der Waals surface area contributed by atoms with Crippen molar-refractivity contribution in [1.82, 2.24) is 4.90 Å². The van der Waals surface area contributed by atoms with Crippen LogP contribution in [0.2, 0.25) is 0 Å².